The molecule has 0 heterocycles. The van der Waals surface area contributed by atoms with Crippen molar-refractivity contribution in [2.75, 3.05) is 0 Å². The SMILES string of the molecule is CCCCCCc1cccc(CCCCCC)c1OC(CC)S(=O)(=O)O. The normalized spacial score (nSPS) is 12.9. The van der Waals surface area contributed by atoms with Crippen LogP contribution in [0.5, 0.6) is 5.75 Å². The van der Waals surface area contributed by atoms with Crippen LogP contribution in [0.15, 0.2) is 18.2 Å². The van der Waals surface area contributed by atoms with Crippen molar-refractivity contribution < 1.29 is 17.7 Å². The summed E-state index contributed by atoms with van der Waals surface area (Å²) >= 11 is 0. The molecule has 1 N–H and O–H groups in total. The van der Waals surface area contributed by atoms with Crippen molar-refractivity contribution in [3.05, 3.63) is 29.3 Å². The maximum absolute atomic E-state index is 11.6. The van der Waals surface area contributed by atoms with Gasteiger partial charge in [-0.25, -0.2) is 0 Å². The van der Waals surface area contributed by atoms with Gasteiger partial charge in [0.25, 0.3) is 0 Å². The van der Waals surface area contributed by atoms with Crippen molar-refractivity contribution in [3.8, 4) is 5.75 Å². The molecule has 0 spiro atoms. The summed E-state index contributed by atoms with van der Waals surface area (Å²) in [7, 11) is -4.23. The minimum atomic E-state index is -4.23. The molecule has 0 saturated carbocycles. The van der Waals surface area contributed by atoms with Crippen molar-refractivity contribution in [1.82, 2.24) is 0 Å². The Balaban J connectivity index is 2.99. The van der Waals surface area contributed by atoms with Gasteiger partial charge in [-0.2, -0.15) is 8.42 Å². The highest BCUT2D eigenvalue weighted by molar-refractivity contribution is 7.86. The predicted molar refractivity (Wildman–Crippen MR) is 108 cm³/mol. The molecule has 1 atom stereocenters. The summed E-state index contributed by atoms with van der Waals surface area (Å²) in [5, 5.41) is 0. The lowest BCUT2D eigenvalue weighted by Gasteiger charge is -2.20. The van der Waals surface area contributed by atoms with Gasteiger partial charge in [0, 0.05) is 0 Å². The molecule has 0 aromatic heterocycles. The van der Waals surface area contributed by atoms with Crippen LogP contribution >= 0.6 is 0 Å². The summed E-state index contributed by atoms with van der Waals surface area (Å²) in [4.78, 5) is 0. The van der Waals surface area contributed by atoms with Crippen molar-refractivity contribution in [2.45, 2.75) is 96.8 Å². The molecule has 1 aromatic rings. The third kappa shape index (κ3) is 8.09. The molecule has 26 heavy (non-hydrogen) atoms. The summed E-state index contributed by atoms with van der Waals surface area (Å²) in [6.45, 7) is 6.08. The van der Waals surface area contributed by atoms with Gasteiger partial charge in [0.05, 0.1) is 0 Å². The summed E-state index contributed by atoms with van der Waals surface area (Å²) in [6, 6.07) is 6.08. The maximum Gasteiger partial charge on any atom is 0.303 e. The van der Waals surface area contributed by atoms with E-state index in [1.165, 1.54) is 25.7 Å². The third-order valence-electron chi connectivity index (χ3n) is 4.69. The zero-order valence-corrected chi connectivity index (χ0v) is 17.5. The van der Waals surface area contributed by atoms with Crippen molar-refractivity contribution >= 4 is 10.1 Å². The molecule has 1 unspecified atom stereocenters. The second-order valence-corrected chi connectivity index (χ2v) is 8.55. The van der Waals surface area contributed by atoms with Gasteiger partial charge in [-0.1, -0.05) is 77.5 Å². The highest BCUT2D eigenvalue weighted by Gasteiger charge is 2.25. The number of hydrogen-bond donors (Lipinski definition) is 1. The Morgan fingerprint density at radius 1 is 0.885 bits per heavy atom. The molecule has 0 radical (unpaired) electrons. The third-order valence-corrected chi connectivity index (χ3v) is 5.79. The van der Waals surface area contributed by atoms with Crippen LogP contribution in [0.3, 0.4) is 0 Å². The fourth-order valence-electron chi connectivity index (χ4n) is 3.15. The average molecular weight is 385 g/mol. The number of unbranched alkanes of at least 4 members (excludes halogenated alkanes) is 6. The van der Waals surface area contributed by atoms with Crippen molar-refractivity contribution in [2.24, 2.45) is 0 Å². The molecule has 0 amide bonds. The van der Waals surface area contributed by atoms with Gasteiger partial charge in [-0.15, -0.1) is 0 Å². The van der Waals surface area contributed by atoms with Gasteiger partial charge in [0.2, 0.25) is 5.44 Å². The van der Waals surface area contributed by atoms with Crippen molar-refractivity contribution in [1.29, 1.82) is 0 Å². The average Bonchev–Trinajstić information content (AvgIpc) is 2.60. The molecule has 4 nitrogen and oxygen atoms in total. The summed E-state index contributed by atoms with van der Waals surface area (Å²) < 4.78 is 38.6. The van der Waals surface area contributed by atoms with Crippen LogP contribution in [0, 0.1) is 0 Å². The molecule has 0 aliphatic carbocycles. The number of ether oxygens (including phenoxy) is 1. The first-order valence-electron chi connectivity index (χ1n) is 10.2. The lowest BCUT2D eigenvalue weighted by molar-refractivity contribution is 0.248. The lowest BCUT2D eigenvalue weighted by Crippen LogP contribution is -2.27. The molecule has 1 aromatic carbocycles. The quantitative estimate of drug-likeness (QED) is 0.319. The molecule has 0 saturated heterocycles. The van der Waals surface area contributed by atoms with Gasteiger partial charge >= 0.3 is 10.1 Å². The van der Waals surface area contributed by atoms with Crippen molar-refractivity contribution in [3.63, 3.8) is 0 Å². The van der Waals surface area contributed by atoms with Gasteiger partial charge in [-0.3, -0.25) is 4.55 Å². The molecule has 5 heteroatoms. The van der Waals surface area contributed by atoms with E-state index < -0.39 is 15.6 Å². The van der Waals surface area contributed by atoms with Gasteiger partial charge in [0.15, 0.2) is 0 Å². The van der Waals surface area contributed by atoms with Crippen LogP contribution in [0.25, 0.3) is 0 Å². The van der Waals surface area contributed by atoms with E-state index in [0.717, 1.165) is 49.7 Å². The summed E-state index contributed by atoms with van der Waals surface area (Å²) in [5.41, 5.74) is 0.904. The van der Waals surface area contributed by atoms with Crippen LogP contribution in [-0.2, 0) is 23.0 Å². The van der Waals surface area contributed by atoms with Crippen LogP contribution in [0.4, 0.5) is 0 Å². The maximum atomic E-state index is 11.6. The molecule has 0 aliphatic rings. The van der Waals surface area contributed by atoms with Gasteiger partial charge in [0.1, 0.15) is 5.75 Å². The molecule has 0 fully saturated rings. The second kappa shape index (κ2) is 12.3. The second-order valence-electron chi connectivity index (χ2n) is 7.00. The molecular weight excluding hydrogens is 348 g/mol. The number of benzene rings is 1. The first-order valence-corrected chi connectivity index (χ1v) is 11.7. The summed E-state index contributed by atoms with van der Waals surface area (Å²) in [6.07, 6.45) is 11.2. The van der Waals surface area contributed by atoms with E-state index in [1.807, 2.05) is 18.2 Å². The first-order chi connectivity index (χ1) is 12.4. The Morgan fingerprint density at radius 3 is 1.77 bits per heavy atom. The van der Waals surface area contributed by atoms with Crippen LogP contribution in [-0.4, -0.2) is 18.4 Å². The van der Waals surface area contributed by atoms with E-state index in [-0.39, 0.29) is 6.42 Å². The van der Waals surface area contributed by atoms with Crippen LogP contribution in [0.1, 0.15) is 89.7 Å². The fourth-order valence-corrected chi connectivity index (χ4v) is 3.79. The summed E-state index contributed by atoms with van der Waals surface area (Å²) in [5.74, 6) is 0.671. The number of para-hydroxylation sites is 1. The monoisotopic (exact) mass is 384 g/mol. The Hall–Kier alpha value is -1.07. The van der Waals surface area contributed by atoms with E-state index in [1.54, 1.807) is 6.92 Å². The molecule has 0 bridgehead atoms. The Labute approximate surface area is 160 Å². The van der Waals surface area contributed by atoms with E-state index in [4.69, 9.17) is 4.74 Å². The topological polar surface area (TPSA) is 63.6 Å². The Bertz CT molecular complexity index is 580. The Morgan fingerprint density at radius 2 is 1.38 bits per heavy atom. The standard InChI is InChI=1S/C21H36O4S/c1-4-7-9-11-14-18-16-13-17-19(15-12-10-8-5-2)21(18)25-20(6-3)26(22,23)24/h13,16-17,20H,4-12,14-15H2,1-3H3,(H,22,23,24). The molecular formula is C21H36O4S. The molecule has 150 valence electrons. The largest absolute Gasteiger partial charge is 0.471 e. The highest BCUT2D eigenvalue weighted by atomic mass is 32.2. The highest BCUT2D eigenvalue weighted by Crippen LogP contribution is 2.30. The number of aryl methyl sites for hydroxylation is 2. The molecule has 1 rings (SSSR count). The zero-order chi connectivity index (χ0) is 19.4. The number of rotatable bonds is 14. The van der Waals surface area contributed by atoms with Crippen LogP contribution in [0.2, 0.25) is 0 Å². The van der Waals surface area contributed by atoms with Gasteiger partial charge in [-0.05, 0) is 43.2 Å². The lowest BCUT2D eigenvalue weighted by atomic mass is 9.99. The molecule has 0 aliphatic heterocycles. The predicted octanol–water partition coefficient (Wildman–Crippen LogP) is 5.93. The number of hydrogen-bond acceptors (Lipinski definition) is 3. The smallest absolute Gasteiger partial charge is 0.303 e. The Kier molecular flexibility index (Phi) is 10.9. The minimum Gasteiger partial charge on any atom is -0.471 e. The van der Waals surface area contributed by atoms with E-state index in [9.17, 15) is 13.0 Å². The van der Waals surface area contributed by atoms with E-state index >= 15 is 0 Å². The van der Waals surface area contributed by atoms with E-state index in [2.05, 4.69) is 13.8 Å². The zero-order valence-electron chi connectivity index (χ0n) is 16.7. The minimum absolute atomic E-state index is 0.221. The van der Waals surface area contributed by atoms with Crippen LogP contribution < -0.4 is 4.74 Å². The van der Waals surface area contributed by atoms with Gasteiger partial charge < -0.3 is 4.74 Å². The first kappa shape index (κ1) is 23.0. The van der Waals surface area contributed by atoms with E-state index in [0.29, 0.717) is 5.75 Å². The fraction of sp³-hybridized carbons (Fsp3) is 0.714.